The normalized spacial score (nSPS) is 20.5. The van der Waals surface area contributed by atoms with Gasteiger partial charge in [-0.25, -0.2) is 14.4 Å². The number of carbonyl (C=O) groups excluding carboxylic acids is 1. The maximum atomic E-state index is 13.1. The van der Waals surface area contributed by atoms with Crippen molar-refractivity contribution in [1.29, 1.82) is 0 Å². The Hall–Kier alpha value is -1.99. The van der Waals surface area contributed by atoms with Crippen LogP contribution < -0.4 is 0 Å². The molecule has 24 heavy (non-hydrogen) atoms. The number of esters is 1. The molecule has 4 rings (SSSR count). The summed E-state index contributed by atoms with van der Waals surface area (Å²) in [5.74, 6) is -0.445. The van der Waals surface area contributed by atoms with Crippen molar-refractivity contribution in [3.8, 4) is 10.4 Å². The van der Waals surface area contributed by atoms with E-state index in [1.54, 1.807) is 23.5 Å². The third-order valence-electron chi connectivity index (χ3n) is 3.79. The number of ether oxygens (including phenoxy) is 1. The molecular weight excluding hydrogens is 347 g/mol. The third-order valence-corrected chi connectivity index (χ3v) is 6.30. The van der Waals surface area contributed by atoms with E-state index in [4.69, 9.17) is 4.74 Å². The van der Waals surface area contributed by atoms with E-state index in [0.29, 0.717) is 6.42 Å². The Morgan fingerprint density at radius 1 is 1.29 bits per heavy atom. The van der Waals surface area contributed by atoms with Crippen LogP contribution in [0.5, 0.6) is 0 Å². The molecule has 0 spiro atoms. The van der Waals surface area contributed by atoms with Gasteiger partial charge in [-0.15, -0.1) is 11.3 Å². The number of hydrogen-bond donors (Lipinski definition) is 0. The first-order chi connectivity index (χ1) is 11.6. The van der Waals surface area contributed by atoms with Gasteiger partial charge in [0.15, 0.2) is 0 Å². The van der Waals surface area contributed by atoms with E-state index in [-0.39, 0.29) is 23.1 Å². The fourth-order valence-corrected chi connectivity index (χ4v) is 5.00. The maximum absolute atomic E-state index is 13.1. The first-order valence-corrected chi connectivity index (χ1v) is 9.17. The lowest BCUT2D eigenvalue weighted by atomic mass is 10.2. The minimum atomic E-state index is -0.259. The van der Waals surface area contributed by atoms with Gasteiger partial charge in [-0.2, -0.15) is 0 Å². The lowest BCUT2D eigenvalue weighted by molar-refractivity contribution is -0.140. The Morgan fingerprint density at radius 3 is 2.79 bits per heavy atom. The van der Waals surface area contributed by atoms with Crippen molar-refractivity contribution >= 4 is 39.3 Å². The molecule has 0 aliphatic carbocycles. The summed E-state index contributed by atoms with van der Waals surface area (Å²) in [5.41, 5.74) is 1.76. The van der Waals surface area contributed by atoms with Crippen LogP contribution in [-0.2, 0) is 9.53 Å². The monoisotopic (exact) mass is 360 g/mol. The molecule has 0 radical (unpaired) electrons. The largest absolute Gasteiger partial charge is 0.462 e. The van der Waals surface area contributed by atoms with Gasteiger partial charge in [0, 0.05) is 11.3 Å². The second-order valence-corrected chi connectivity index (χ2v) is 7.84. The Kier molecular flexibility index (Phi) is 3.97. The summed E-state index contributed by atoms with van der Waals surface area (Å²) in [4.78, 5) is 21.5. The van der Waals surface area contributed by atoms with Gasteiger partial charge in [-0.3, -0.25) is 4.79 Å². The molecule has 1 aromatic carbocycles. The zero-order chi connectivity index (χ0) is 16.7. The van der Waals surface area contributed by atoms with Gasteiger partial charge in [0.2, 0.25) is 0 Å². The molecule has 0 saturated carbocycles. The van der Waals surface area contributed by atoms with Crippen molar-refractivity contribution in [2.45, 2.75) is 29.7 Å². The number of thiophene rings is 1. The second-order valence-electron chi connectivity index (χ2n) is 5.60. The number of rotatable bonds is 3. The van der Waals surface area contributed by atoms with Gasteiger partial charge >= 0.3 is 5.97 Å². The highest BCUT2D eigenvalue weighted by molar-refractivity contribution is 8.00. The number of carbonyl (C=O) groups is 1. The van der Waals surface area contributed by atoms with E-state index < -0.39 is 0 Å². The summed E-state index contributed by atoms with van der Waals surface area (Å²) >= 11 is 2.98. The molecule has 0 amide bonds. The summed E-state index contributed by atoms with van der Waals surface area (Å²) in [6, 6.07) is 8.34. The molecule has 0 unspecified atom stereocenters. The Bertz CT molecular complexity index is 911. The highest BCUT2D eigenvalue weighted by Gasteiger charge is 2.33. The van der Waals surface area contributed by atoms with Crippen molar-refractivity contribution in [2.75, 3.05) is 0 Å². The standard InChI is InChI=1S/C17H13FN2O2S2/c1-9-6-14(17(21)22-9)24-16-15-12(19-8-20-16)7-13(23-15)10-2-4-11(18)5-3-10/h2-5,7-9,14H,6H2,1H3/t9-,14+/m0/s1. The fourth-order valence-electron chi connectivity index (χ4n) is 2.62. The van der Waals surface area contributed by atoms with E-state index in [2.05, 4.69) is 9.97 Å². The van der Waals surface area contributed by atoms with Crippen LogP contribution in [0.2, 0.25) is 0 Å². The highest BCUT2D eigenvalue weighted by atomic mass is 32.2. The van der Waals surface area contributed by atoms with Gasteiger partial charge < -0.3 is 4.74 Å². The lowest BCUT2D eigenvalue weighted by Gasteiger charge is -2.04. The molecule has 4 nitrogen and oxygen atoms in total. The van der Waals surface area contributed by atoms with Crippen molar-refractivity contribution in [1.82, 2.24) is 9.97 Å². The zero-order valence-electron chi connectivity index (χ0n) is 12.7. The van der Waals surface area contributed by atoms with Crippen LogP contribution in [-0.4, -0.2) is 27.3 Å². The molecule has 0 bridgehead atoms. The van der Waals surface area contributed by atoms with Gasteiger partial charge in [0.05, 0.1) is 10.2 Å². The Balaban J connectivity index is 1.69. The van der Waals surface area contributed by atoms with Crippen LogP contribution in [0, 0.1) is 5.82 Å². The van der Waals surface area contributed by atoms with Gasteiger partial charge in [0.1, 0.15) is 28.5 Å². The second kappa shape index (κ2) is 6.14. The van der Waals surface area contributed by atoms with Gasteiger partial charge in [0.25, 0.3) is 0 Å². The summed E-state index contributed by atoms with van der Waals surface area (Å²) in [6.45, 7) is 1.89. The summed E-state index contributed by atoms with van der Waals surface area (Å²) < 4.78 is 19.2. The van der Waals surface area contributed by atoms with Crippen molar-refractivity contribution in [2.24, 2.45) is 0 Å². The first-order valence-electron chi connectivity index (χ1n) is 7.48. The highest BCUT2D eigenvalue weighted by Crippen LogP contribution is 2.40. The van der Waals surface area contributed by atoms with Crippen molar-refractivity contribution in [3.05, 3.63) is 42.5 Å². The molecule has 2 atom stereocenters. The molecule has 0 N–H and O–H groups in total. The van der Waals surface area contributed by atoms with Crippen LogP contribution in [0.4, 0.5) is 4.39 Å². The number of cyclic esters (lactones) is 1. The van der Waals surface area contributed by atoms with Crippen LogP contribution in [0.15, 0.2) is 41.7 Å². The molecule has 1 saturated heterocycles. The summed E-state index contributed by atoms with van der Waals surface area (Å²) in [7, 11) is 0. The van der Waals surface area contributed by atoms with Crippen LogP contribution >= 0.6 is 23.1 Å². The predicted octanol–water partition coefficient (Wildman–Crippen LogP) is 4.29. The number of thioether (sulfide) groups is 1. The van der Waals surface area contributed by atoms with E-state index in [1.807, 2.05) is 13.0 Å². The van der Waals surface area contributed by atoms with E-state index in [9.17, 15) is 9.18 Å². The van der Waals surface area contributed by atoms with E-state index >= 15 is 0 Å². The summed E-state index contributed by atoms with van der Waals surface area (Å²) in [6.07, 6.45) is 2.14. The smallest absolute Gasteiger partial charge is 0.319 e. The molecule has 7 heteroatoms. The number of nitrogens with zero attached hydrogens (tertiary/aromatic N) is 2. The quantitative estimate of drug-likeness (QED) is 0.515. The molecule has 1 aliphatic rings. The number of aromatic nitrogens is 2. The Morgan fingerprint density at radius 2 is 2.08 bits per heavy atom. The average Bonchev–Trinajstić information content (AvgIpc) is 3.12. The first kappa shape index (κ1) is 15.5. The predicted molar refractivity (Wildman–Crippen MR) is 92.6 cm³/mol. The molecule has 2 aromatic heterocycles. The van der Waals surface area contributed by atoms with Crippen LogP contribution in [0.1, 0.15) is 13.3 Å². The fraction of sp³-hybridized carbons (Fsp3) is 0.235. The zero-order valence-corrected chi connectivity index (χ0v) is 14.4. The minimum absolute atomic E-state index is 0.0505. The molecule has 3 heterocycles. The number of hydrogen-bond acceptors (Lipinski definition) is 6. The maximum Gasteiger partial charge on any atom is 0.319 e. The average molecular weight is 360 g/mol. The third kappa shape index (κ3) is 2.89. The lowest BCUT2D eigenvalue weighted by Crippen LogP contribution is -2.09. The number of benzene rings is 1. The van der Waals surface area contributed by atoms with E-state index in [0.717, 1.165) is 25.7 Å². The van der Waals surface area contributed by atoms with Crippen molar-refractivity contribution < 1.29 is 13.9 Å². The van der Waals surface area contributed by atoms with Crippen molar-refractivity contribution in [3.63, 3.8) is 0 Å². The SMILES string of the molecule is C[C@H]1C[C@@H](Sc2ncnc3cc(-c4ccc(F)cc4)sc23)C(=O)O1. The van der Waals surface area contributed by atoms with Gasteiger partial charge in [-0.1, -0.05) is 23.9 Å². The summed E-state index contributed by atoms with van der Waals surface area (Å²) in [5, 5.41) is 0.559. The molecule has 122 valence electrons. The molecular formula is C17H13FN2O2S2. The number of fused-ring (bicyclic) bond motifs is 1. The number of halogens is 1. The Labute approximate surface area is 146 Å². The molecule has 1 fully saturated rings. The molecule has 1 aliphatic heterocycles. The topological polar surface area (TPSA) is 52.1 Å². The minimum Gasteiger partial charge on any atom is -0.462 e. The van der Waals surface area contributed by atoms with Crippen LogP contribution in [0.3, 0.4) is 0 Å². The van der Waals surface area contributed by atoms with Crippen LogP contribution in [0.25, 0.3) is 20.7 Å². The van der Waals surface area contributed by atoms with E-state index in [1.165, 1.54) is 30.2 Å². The van der Waals surface area contributed by atoms with Gasteiger partial charge in [-0.05, 0) is 30.7 Å². The molecule has 3 aromatic rings.